The van der Waals surface area contributed by atoms with Gasteiger partial charge in [-0.1, -0.05) is 53.7 Å². The predicted molar refractivity (Wildman–Crippen MR) is 82.9 cm³/mol. The molecule has 21 heavy (non-hydrogen) atoms. The number of ether oxygens (including phenoxy) is 1. The van der Waals surface area contributed by atoms with Crippen molar-refractivity contribution in [3.8, 4) is 0 Å². The van der Waals surface area contributed by atoms with E-state index < -0.39 is 0 Å². The highest BCUT2D eigenvalue weighted by Crippen LogP contribution is 2.18. The van der Waals surface area contributed by atoms with E-state index in [4.69, 9.17) is 4.74 Å². The first-order chi connectivity index (χ1) is 10.3. The van der Waals surface area contributed by atoms with Crippen LogP contribution in [0.25, 0.3) is 0 Å². The quantitative estimate of drug-likeness (QED) is 0.340. The molecule has 0 aromatic heterocycles. The Bertz CT molecular complexity index is 614. The Kier molecular flexibility index (Phi) is 5.72. The molecule has 0 saturated heterocycles. The van der Waals surface area contributed by atoms with E-state index in [0.717, 1.165) is 6.04 Å². The highest BCUT2D eigenvalue weighted by Gasteiger charge is 2.11. The van der Waals surface area contributed by atoms with Gasteiger partial charge in [0.2, 0.25) is 0 Å². The molecule has 0 amide bonds. The lowest BCUT2D eigenvalue weighted by Crippen LogP contribution is -1.96. The average Bonchev–Trinajstić information content (AvgIpc) is 2.52. The highest BCUT2D eigenvalue weighted by molar-refractivity contribution is 6.41. The molecule has 106 valence electrons. The van der Waals surface area contributed by atoms with Crippen LogP contribution in [0.5, 0.6) is 0 Å². The van der Waals surface area contributed by atoms with Crippen molar-refractivity contribution in [2.45, 2.75) is 12.7 Å². The summed E-state index contributed by atoms with van der Waals surface area (Å²) < 4.78 is 5.37. The van der Waals surface area contributed by atoms with Crippen LogP contribution >= 0.6 is 0 Å². The Morgan fingerprint density at radius 2 is 1.81 bits per heavy atom. The number of para-hydroxylation sites is 1. The van der Waals surface area contributed by atoms with Crippen LogP contribution in [0.1, 0.15) is 11.1 Å². The van der Waals surface area contributed by atoms with Gasteiger partial charge >= 0.3 is 0 Å². The number of hydrogen-bond acceptors (Lipinski definition) is 3. The number of nitro benzene ring substituents is 1. The third kappa shape index (κ3) is 4.89. The van der Waals surface area contributed by atoms with Gasteiger partial charge in [-0.25, -0.2) is 0 Å². The Morgan fingerprint density at radius 1 is 1.10 bits per heavy atom. The molecule has 0 aliphatic heterocycles. The molecule has 0 atom stereocenters. The molecule has 0 N–H and O–H groups in total. The summed E-state index contributed by atoms with van der Waals surface area (Å²) in [4.78, 5) is 10.5. The maximum atomic E-state index is 10.8. The first kappa shape index (κ1) is 15.0. The fourth-order valence-electron chi connectivity index (χ4n) is 1.82. The second-order valence-electron chi connectivity index (χ2n) is 4.37. The molecule has 0 aliphatic rings. The van der Waals surface area contributed by atoms with Gasteiger partial charge in [0.1, 0.15) is 6.61 Å². The normalized spacial score (nSPS) is 10.7. The van der Waals surface area contributed by atoms with Crippen LogP contribution in [0.4, 0.5) is 5.69 Å². The predicted octanol–water partition coefficient (Wildman–Crippen LogP) is 3.49. The van der Waals surface area contributed by atoms with Crippen LogP contribution in [0, 0.1) is 10.1 Å². The van der Waals surface area contributed by atoms with Crippen molar-refractivity contribution in [2.75, 3.05) is 0 Å². The minimum atomic E-state index is -0.389. The van der Waals surface area contributed by atoms with Crippen LogP contribution in [0.3, 0.4) is 0 Å². The largest absolute Gasteiger partial charge is 0.497 e. The smallest absolute Gasteiger partial charge is 0.276 e. The van der Waals surface area contributed by atoms with Crippen LogP contribution in [-0.2, 0) is 17.4 Å². The van der Waals surface area contributed by atoms with Crippen LogP contribution in [0.15, 0.2) is 66.6 Å². The first-order valence-electron chi connectivity index (χ1n) is 6.53. The van der Waals surface area contributed by atoms with Gasteiger partial charge < -0.3 is 4.74 Å². The zero-order chi connectivity index (χ0) is 14.9. The Labute approximate surface area is 126 Å². The lowest BCUT2D eigenvalue weighted by atomic mass is 10.2. The summed E-state index contributed by atoms with van der Waals surface area (Å²) in [5.41, 5.74) is 3.93. The molecule has 2 aromatic carbocycles. The van der Waals surface area contributed by atoms with E-state index in [1.165, 1.54) is 11.6 Å². The third-order valence-electron chi connectivity index (χ3n) is 2.86. The van der Waals surface area contributed by atoms with Crippen molar-refractivity contribution in [3.63, 3.8) is 0 Å². The second-order valence-corrected chi connectivity index (χ2v) is 5.46. The maximum Gasteiger partial charge on any atom is 0.276 e. The summed E-state index contributed by atoms with van der Waals surface area (Å²) in [6.07, 6.45) is 1.62. The molecule has 2 rings (SSSR count). The monoisotopic (exact) mass is 297 g/mol. The molecule has 2 aromatic rings. The Hall–Kier alpha value is -2.40. The van der Waals surface area contributed by atoms with Crippen molar-refractivity contribution in [2.24, 2.45) is 0 Å². The Morgan fingerprint density at radius 3 is 2.57 bits per heavy atom. The number of hydrogen-bond donors (Lipinski definition) is 0. The number of benzene rings is 2. The van der Waals surface area contributed by atoms with Crippen LogP contribution in [0.2, 0.25) is 0 Å². The van der Waals surface area contributed by atoms with E-state index in [1.54, 1.807) is 24.5 Å². The molecule has 5 heteroatoms. The number of rotatable bonds is 7. The van der Waals surface area contributed by atoms with Crippen LogP contribution in [-0.4, -0.2) is 14.4 Å². The third-order valence-corrected chi connectivity index (χ3v) is 3.84. The summed E-state index contributed by atoms with van der Waals surface area (Å²) in [5.74, 6) is 0. The van der Waals surface area contributed by atoms with Gasteiger partial charge in [-0.05, 0) is 12.1 Å². The van der Waals surface area contributed by atoms with E-state index in [2.05, 4.69) is 12.1 Å². The molecule has 0 aliphatic carbocycles. The molecule has 2 radical (unpaired) electrons. The van der Waals surface area contributed by atoms with Crippen molar-refractivity contribution in [1.29, 1.82) is 0 Å². The molecule has 0 heterocycles. The zero-order valence-corrected chi connectivity index (χ0v) is 12.4. The standard InChI is InChI=1S/C16H15NO3Si/c18-17(19)16-9-5-4-8-15(16)12-20-10-11-21-13-14-6-2-1-3-7-14/h1-11H,12-13H2. The first-order valence-corrected chi connectivity index (χ1v) is 7.82. The van der Waals surface area contributed by atoms with E-state index >= 15 is 0 Å². The van der Waals surface area contributed by atoms with Crippen molar-refractivity contribution in [1.82, 2.24) is 0 Å². The minimum absolute atomic E-state index is 0.0950. The minimum Gasteiger partial charge on any atom is -0.497 e. The van der Waals surface area contributed by atoms with Gasteiger partial charge in [-0.2, -0.15) is 0 Å². The van der Waals surface area contributed by atoms with E-state index in [9.17, 15) is 10.1 Å². The van der Waals surface area contributed by atoms with Gasteiger partial charge in [-0.3, -0.25) is 10.1 Å². The molecular weight excluding hydrogens is 282 g/mol. The summed E-state index contributed by atoms with van der Waals surface area (Å²) in [5, 5.41) is 10.8. The van der Waals surface area contributed by atoms with E-state index in [-0.39, 0.29) is 17.2 Å². The second kappa shape index (κ2) is 8.01. The fourth-order valence-corrected chi connectivity index (χ4v) is 2.60. The fraction of sp³-hybridized carbons (Fsp3) is 0.125. The summed E-state index contributed by atoms with van der Waals surface area (Å²) in [6, 6.07) is 17.8. The molecule has 0 fully saturated rings. The molecular formula is C16H15NO3Si. The van der Waals surface area contributed by atoms with Gasteiger partial charge in [0.05, 0.1) is 26.3 Å². The van der Waals surface area contributed by atoms with Gasteiger partial charge in [0.15, 0.2) is 0 Å². The van der Waals surface area contributed by atoms with Crippen molar-refractivity contribution >= 4 is 15.2 Å². The Balaban J connectivity index is 1.77. The molecule has 0 bridgehead atoms. The topological polar surface area (TPSA) is 52.4 Å². The van der Waals surface area contributed by atoms with Crippen LogP contribution < -0.4 is 0 Å². The van der Waals surface area contributed by atoms with Gasteiger partial charge in [0.25, 0.3) is 5.69 Å². The maximum absolute atomic E-state index is 10.8. The zero-order valence-electron chi connectivity index (χ0n) is 11.4. The van der Waals surface area contributed by atoms with Gasteiger partial charge in [0, 0.05) is 6.07 Å². The highest BCUT2D eigenvalue weighted by atomic mass is 28.2. The summed E-state index contributed by atoms with van der Waals surface area (Å²) in [7, 11) is 0.630. The summed E-state index contributed by atoms with van der Waals surface area (Å²) in [6.45, 7) is 0.212. The SMILES string of the molecule is O=[N+]([O-])c1ccccc1COC=C[Si]Cc1ccccc1. The molecule has 4 nitrogen and oxygen atoms in total. The lowest BCUT2D eigenvalue weighted by molar-refractivity contribution is -0.385. The number of nitrogens with zero attached hydrogens (tertiary/aromatic N) is 1. The van der Waals surface area contributed by atoms with E-state index in [0.29, 0.717) is 15.1 Å². The molecule has 0 saturated carbocycles. The summed E-state index contributed by atoms with van der Waals surface area (Å²) >= 11 is 0. The lowest BCUT2D eigenvalue weighted by Gasteiger charge is -2.02. The number of nitro groups is 1. The van der Waals surface area contributed by atoms with E-state index in [1.807, 2.05) is 23.9 Å². The molecule has 0 unspecified atom stereocenters. The van der Waals surface area contributed by atoms with Crippen molar-refractivity contribution < 1.29 is 9.66 Å². The van der Waals surface area contributed by atoms with Crippen molar-refractivity contribution in [3.05, 3.63) is 87.8 Å². The van der Waals surface area contributed by atoms with Gasteiger partial charge in [-0.15, -0.1) is 0 Å². The molecule has 0 spiro atoms. The average molecular weight is 297 g/mol.